The van der Waals surface area contributed by atoms with Crippen LogP contribution in [0, 0.1) is 13.8 Å². The molecule has 0 aliphatic rings. The molecule has 6 nitrogen and oxygen atoms in total. The zero-order chi connectivity index (χ0) is 19.7. The van der Waals surface area contributed by atoms with Gasteiger partial charge in [-0.15, -0.1) is 16.4 Å². The van der Waals surface area contributed by atoms with Gasteiger partial charge in [-0.3, -0.25) is 4.79 Å². The number of amides is 1. The van der Waals surface area contributed by atoms with Gasteiger partial charge in [-0.2, -0.15) is 0 Å². The molecule has 2 heterocycles. The van der Waals surface area contributed by atoms with E-state index in [4.69, 9.17) is 0 Å². The molecule has 0 unspecified atom stereocenters. The number of nitrogens with one attached hydrogen (secondary N) is 1. The average Bonchev–Trinajstić information content (AvgIpc) is 3.28. The zero-order valence-corrected chi connectivity index (χ0v) is 17.6. The summed E-state index contributed by atoms with van der Waals surface area (Å²) in [6.07, 6.45) is 0. The van der Waals surface area contributed by atoms with Gasteiger partial charge in [0.05, 0.1) is 22.1 Å². The Morgan fingerprint density at radius 1 is 1.14 bits per heavy atom. The van der Waals surface area contributed by atoms with Gasteiger partial charge in [-0.25, -0.2) is 9.67 Å². The third kappa shape index (κ3) is 3.74. The molecule has 0 aliphatic heterocycles. The van der Waals surface area contributed by atoms with Crippen LogP contribution in [0.25, 0.3) is 16.9 Å². The van der Waals surface area contributed by atoms with Crippen molar-refractivity contribution in [3.63, 3.8) is 0 Å². The van der Waals surface area contributed by atoms with Crippen molar-refractivity contribution in [2.24, 2.45) is 0 Å². The van der Waals surface area contributed by atoms with Crippen LogP contribution in [0.1, 0.15) is 21.2 Å². The van der Waals surface area contributed by atoms with Crippen molar-refractivity contribution in [3.8, 4) is 16.9 Å². The van der Waals surface area contributed by atoms with E-state index in [2.05, 4.69) is 36.5 Å². The summed E-state index contributed by atoms with van der Waals surface area (Å²) in [7, 11) is 0. The minimum absolute atomic E-state index is 0.291. The lowest BCUT2D eigenvalue weighted by Gasteiger charge is -2.06. The van der Waals surface area contributed by atoms with Crippen LogP contribution in [0.4, 0.5) is 5.69 Å². The second kappa shape index (κ2) is 7.65. The Labute approximate surface area is 174 Å². The van der Waals surface area contributed by atoms with Gasteiger partial charge in [-0.05, 0) is 44.2 Å². The van der Waals surface area contributed by atoms with E-state index in [1.807, 2.05) is 67.8 Å². The second-order valence-electron chi connectivity index (χ2n) is 6.20. The quantitative estimate of drug-likeness (QED) is 0.470. The standard InChI is InChI=1S/C20H16BrN5OS/c1-12-19(24-25-26(12)17-5-3-4-15(21)10-17)20(27)23-16-8-6-14(7-9-16)18-11-28-13(2)22-18/h3-11H,1-2H3,(H,23,27). The molecular formula is C20H16BrN5OS. The minimum atomic E-state index is -0.295. The first-order valence-corrected chi connectivity index (χ1v) is 10.2. The Hall–Kier alpha value is -2.84. The number of thiazole rings is 1. The van der Waals surface area contributed by atoms with Gasteiger partial charge in [0.25, 0.3) is 5.91 Å². The first-order chi connectivity index (χ1) is 13.5. The summed E-state index contributed by atoms with van der Waals surface area (Å²) in [6, 6.07) is 15.3. The molecule has 4 aromatic rings. The highest BCUT2D eigenvalue weighted by Gasteiger charge is 2.17. The predicted octanol–water partition coefficient (Wildman–Crippen LogP) is 5.02. The number of aromatic nitrogens is 4. The number of hydrogen-bond acceptors (Lipinski definition) is 5. The summed E-state index contributed by atoms with van der Waals surface area (Å²) < 4.78 is 2.58. The summed E-state index contributed by atoms with van der Waals surface area (Å²) in [6.45, 7) is 3.80. The van der Waals surface area contributed by atoms with Gasteiger partial charge in [-0.1, -0.05) is 39.3 Å². The maximum atomic E-state index is 12.7. The van der Waals surface area contributed by atoms with Crippen molar-refractivity contribution < 1.29 is 4.79 Å². The molecule has 28 heavy (non-hydrogen) atoms. The summed E-state index contributed by atoms with van der Waals surface area (Å²) in [5.74, 6) is -0.295. The van der Waals surface area contributed by atoms with E-state index in [0.717, 1.165) is 26.4 Å². The molecule has 0 aliphatic carbocycles. The van der Waals surface area contributed by atoms with Gasteiger partial charge < -0.3 is 5.32 Å². The van der Waals surface area contributed by atoms with E-state index in [1.54, 1.807) is 16.0 Å². The van der Waals surface area contributed by atoms with Crippen molar-refractivity contribution in [3.05, 3.63) is 74.8 Å². The van der Waals surface area contributed by atoms with E-state index in [0.29, 0.717) is 17.1 Å². The number of benzene rings is 2. The molecule has 0 radical (unpaired) electrons. The van der Waals surface area contributed by atoms with Crippen molar-refractivity contribution >= 4 is 38.9 Å². The van der Waals surface area contributed by atoms with Crippen LogP contribution < -0.4 is 5.32 Å². The SMILES string of the molecule is Cc1nc(-c2ccc(NC(=O)c3nnn(-c4cccc(Br)c4)c3C)cc2)cs1. The molecule has 0 atom stereocenters. The molecule has 4 rings (SSSR count). The number of carbonyl (C=O) groups excluding carboxylic acids is 1. The number of rotatable bonds is 4. The van der Waals surface area contributed by atoms with E-state index in [9.17, 15) is 4.79 Å². The molecule has 0 saturated heterocycles. The first kappa shape index (κ1) is 18.5. The van der Waals surface area contributed by atoms with Crippen LogP contribution in [-0.4, -0.2) is 25.9 Å². The fraction of sp³-hybridized carbons (Fsp3) is 0.100. The van der Waals surface area contributed by atoms with E-state index in [1.165, 1.54) is 0 Å². The Kier molecular flexibility index (Phi) is 5.06. The van der Waals surface area contributed by atoms with Crippen LogP contribution in [0.15, 0.2) is 58.4 Å². The number of nitrogens with zero attached hydrogens (tertiary/aromatic N) is 4. The second-order valence-corrected chi connectivity index (χ2v) is 8.18. The maximum absolute atomic E-state index is 12.7. The number of carbonyl (C=O) groups is 1. The van der Waals surface area contributed by atoms with Gasteiger partial charge in [0.2, 0.25) is 0 Å². The summed E-state index contributed by atoms with van der Waals surface area (Å²) >= 11 is 5.06. The molecule has 0 fully saturated rings. The molecule has 2 aromatic heterocycles. The van der Waals surface area contributed by atoms with Crippen molar-refractivity contribution in [2.45, 2.75) is 13.8 Å². The van der Waals surface area contributed by atoms with Crippen LogP contribution in [0.3, 0.4) is 0 Å². The number of hydrogen-bond donors (Lipinski definition) is 1. The fourth-order valence-corrected chi connectivity index (χ4v) is 3.81. The maximum Gasteiger partial charge on any atom is 0.278 e. The summed E-state index contributed by atoms with van der Waals surface area (Å²) in [5, 5.41) is 14.1. The molecule has 0 saturated carbocycles. The van der Waals surface area contributed by atoms with Crippen LogP contribution in [0.2, 0.25) is 0 Å². The third-order valence-corrected chi connectivity index (χ3v) is 5.49. The van der Waals surface area contributed by atoms with E-state index < -0.39 is 0 Å². The highest BCUT2D eigenvalue weighted by molar-refractivity contribution is 9.10. The van der Waals surface area contributed by atoms with Gasteiger partial charge in [0.1, 0.15) is 0 Å². The number of aryl methyl sites for hydroxylation is 1. The summed E-state index contributed by atoms with van der Waals surface area (Å²) in [5.41, 5.74) is 4.44. The normalized spacial score (nSPS) is 10.8. The predicted molar refractivity (Wildman–Crippen MR) is 114 cm³/mol. The van der Waals surface area contributed by atoms with Crippen molar-refractivity contribution in [1.29, 1.82) is 0 Å². The van der Waals surface area contributed by atoms with Gasteiger partial charge in [0.15, 0.2) is 5.69 Å². The summed E-state index contributed by atoms with van der Waals surface area (Å²) in [4.78, 5) is 17.1. The highest BCUT2D eigenvalue weighted by atomic mass is 79.9. The Morgan fingerprint density at radius 3 is 2.61 bits per heavy atom. The lowest BCUT2D eigenvalue weighted by molar-refractivity contribution is 0.102. The van der Waals surface area contributed by atoms with E-state index in [-0.39, 0.29) is 5.91 Å². The fourth-order valence-electron chi connectivity index (χ4n) is 2.80. The van der Waals surface area contributed by atoms with Crippen LogP contribution in [0.5, 0.6) is 0 Å². The minimum Gasteiger partial charge on any atom is -0.321 e. The third-order valence-electron chi connectivity index (χ3n) is 4.22. The van der Waals surface area contributed by atoms with Crippen molar-refractivity contribution in [1.82, 2.24) is 20.0 Å². The number of anilines is 1. The van der Waals surface area contributed by atoms with Gasteiger partial charge in [0, 0.05) is 21.1 Å². The first-order valence-electron chi connectivity index (χ1n) is 8.53. The largest absolute Gasteiger partial charge is 0.321 e. The lowest BCUT2D eigenvalue weighted by atomic mass is 10.1. The molecule has 2 aromatic carbocycles. The smallest absolute Gasteiger partial charge is 0.278 e. The Bertz CT molecular complexity index is 1150. The molecule has 1 amide bonds. The van der Waals surface area contributed by atoms with Crippen molar-refractivity contribution in [2.75, 3.05) is 5.32 Å². The zero-order valence-electron chi connectivity index (χ0n) is 15.2. The van der Waals surface area contributed by atoms with Crippen LogP contribution in [-0.2, 0) is 0 Å². The monoisotopic (exact) mass is 453 g/mol. The average molecular weight is 454 g/mol. The molecule has 0 spiro atoms. The van der Waals surface area contributed by atoms with Gasteiger partial charge >= 0.3 is 0 Å². The topological polar surface area (TPSA) is 72.7 Å². The molecule has 0 bridgehead atoms. The molecule has 1 N–H and O–H groups in total. The molecule has 8 heteroatoms. The Balaban J connectivity index is 1.53. The molecule has 140 valence electrons. The molecular weight excluding hydrogens is 438 g/mol. The van der Waals surface area contributed by atoms with Crippen LogP contribution >= 0.6 is 27.3 Å². The number of halogens is 1. The van der Waals surface area contributed by atoms with E-state index >= 15 is 0 Å². The Morgan fingerprint density at radius 2 is 1.93 bits per heavy atom. The lowest BCUT2D eigenvalue weighted by Crippen LogP contribution is -2.14. The highest BCUT2D eigenvalue weighted by Crippen LogP contribution is 2.23.